The molecule has 4 nitrogen and oxygen atoms in total. The molecule has 0 aromatic carbocycles. The summed E-state index contributed by atoms with van der Waals surface area (Å²) in [6.07, 6.45) is 4.55. The van der Waals surface area contributed by atoms with Crippen LogP contribution < -0.4 is 5.32 Å². The van der Waals surface area contributed by atoms with Crippen molar-refractivity contribution < 1.29 is 0 Å². The molecule has 1 aliphatic rings. The van der Waals surface area contributed by atoms with Gasteiger partial charge in [-0.1, -0.05) is 6.07 Å². The molecule has 1 fully saturated rings. The quantitative estimate of drug-likeness (QED) is 0.857. The summed E-state index contributed by atoms with van der Waals surface area (Å²) in [6.45, 7) is 4.88. The largest absolute Gasteiger partial charge is 0.310 e. The third kappa shape index (κ3) is 3.77. The highest BCUT2D eigenvalue weighted by molar-refractivity contribution is 7.99. The minimum absolute atomic E-state index is 0.729. The standard InChI is InChI=1S/C15H18N4S/c1-10-7-11(2)19-15(18-10)20-14-6-3-12(9-17-14)8-16-13-4-5-13/h3,6-7,9,13,16H,4-5,8H2,1-2H3. The van der Waals surface area contributed by atoms with Gasteiger partial charge in [0.05, 0.1) is 0 Å². The zero-order chi connectivity index (χ0) is 13.9. The monoisotopic (exact) mass is 286 g/mol. The fraction of sp³-hybridized carbons (Fsp3) is 0.400. The Bertz CT molecular complexity index is 573. The van der Waals surface area contributed by atoms with Crippen LogP contribution in [-0.2, 0) is 6.54 Å². The minimum Gasteiger partial charge on any atom is -0.310 e. The van der Waals surface area contributed by atoms with Gasteiger partial charge in [-0.15, -0.1) is 0 Å². The molecule has 5 heteroatoms. The maximum absolute atomic E-state index is 4.47. The van der Waals surface area contributed by atoms with Crippen LogP contribution in [0.3, 0.4) is 0 Å². The van der Waals surface area contributed by atoms with Gasteiger partial charge in [-0.05, 0) is 56.1 Å². The maximum atomic E-state index is 4.47. The summed E-state index contributed by atoms with van der Waals surface area (Å²) in [7, 11) is 0. The lowest BCUT2D eigenvalue weighted by molar-refractivity contribution is 0.684. The number of aryl methyl sites for hydroxylation is 2. The highest BCUT2D eigenvalue weighted by atomic mass is 32.2. The second-order valence-electron chi connectivity index (χ2n) is 5.20. The molecular formula is C15H18N4S. The van der Waals surface area contributed by atoms with Crippen molar-refractivity contribution in [1.82, 2.24) is 20.3 Å². The third-order valence-electron chi connectivity index (χ3n) is 3.13. The molecule has 0 amide bonds. The highest BCUT2D eigenvalue weighted by Crippen LogP contribution is 2.23. The van der Waals surface area contributed by atoms with Gasteiger partial charge in [-0.2, -0.15) is 0 Å². The van der Waals surface area contributed by atoms with Gasteiger partial charge < -0.3 is 5.32 Å². The van der Waals surface area contributed by atoms with E-state index >= 15 is 0 Å². The van der Waals surface area contributed by atoms with Crippen molar-refractivity contribution in [2.45, 2.75) is 49.5 Å². The summed E-state index contributed by atoms with van der Waals surface area (Å²) in [4.78, 5) is 13.3. The Kier molecular flexibility index (Phi) is 3.98. The molecular weight excluding hydrogens is 268 g/mol. The van der Waals surface area contributed by atoms with Crippen LogP contribution in [0.4, 0.5) is 0 Å². The smallest absolute Gasteiger partial charge is 0.194 e. The van der Waals surface area contributed by atoms with E-state index in [0.717, 1.165) is 34.2 Å². The Morgan fingerprint density at radius 3 is 2.55 bits per heavy atom. The van der Waals surface area contributed by atoms with Gasteiger partial charge in [0.15, 0.2) is 5.16 Å². The molecule has 0 saturated heterocycles. The first kappa shape index (κ1) is 13.5. The number of hydrogen-bond acceptors (Lipinski definition) is 5. The van der Waals surface area contributed by atoms with E-state index in [4.69, 9.17) is 0 Å². The van der Waals surface area contributed by atoms with E-state index in [1.165, 1.54) is 30.2 Å². The molecule has 0 aliphatic heterocycles. The van der Waals surface area contributed by atoms with Crippen molar-refractivity contribution in [3.05, 3.63) is 41.3 Å². The molecule has 2 aromatic rings. The lowest BCUT2D eigenvalue weighted by Gasteiger charge is -2.05. The third-order valence-corrected chi connectivity index (χ3v) is 3.94. The van der Waals surface area contributed by atoms with Crippen LogP contribution in [0.15, 0.2) is 34.6 Å². The summed E-state index contributed by atoms with van der Waals surface area (Å²) >= 11 is 1.51. The number of pyridine rings is 1. The normalized spacial score (nSPS) is 14.5. The highest BCUT2D eigenvalue weighted by Gasteiger charge is 2.19. The average Bonchev–Trinajstić information content (AvgIpc) is 3.21. The summed E-state index contributed by atoms with van der Waals surface area (Å²) < 4.78 is 0. The van der Waals surface area contributed by atoms with E-state index in [2.05, 4.69) is 26.3 Å². The van der Waals surface area contributed by atoms with Gasteiger partial charge >= 0.3 is 0 Å². The second kappa shape index (κ2) is 5.89. The fourth-order valence-electron chi connectivity index (χ4n) is 1.96. The Hall–Kier alpha value is -1.46. The molecule has 2 heterocycles. The van der Waals surface area contributed by atoms with Gasteiger partial charge in [-0.25, -0.2) is 15.0 Å². The molecule has 0 atom stereocenters. The summed E-state index contributed by atoms with van der Waals surface area (Å²) in [5.41, 5.74) is 3.21. The topological polar surface area (TPSA) is 50.7 Å². The Morgan fingerprint density at radius 2 is 1.95 bits per heavy atom. The van der Waals surface area contributed by atoms with E-state index in [1.807, 2.05) is 32.2 Å². The van der Waals surface area contributed by atoms with Crippen molar-refractivity contribution in [3.8, 4) is 0 Å². The van der Waals surface area contributed by atoms with Crippen LogP contribution in [0.25, 0.3) is 0 Å². The number of rotatable bonds is 5. The number of hydrogen-bond donors (Lipinski definition) is 1. The van der Waals surface area contributed by atoms with Crippen LogP contribution in [0.1, 0.15) is 29.8 Å². The summed E-state index contributed by atoms with van der Waals surface area (Å²) in [5.74, 6) is 0. The number of aromatic nitrogens is 3. The first-order chi connectivity index (χ1) is 9.69. The molecule has 2 aromatic heterocycles. The van der Waals surface area contributed by atoms with E-state index < -0.39 is 0 Å². The van der Waals surface area contributed by atoms with Crippen molar-refractivity contribution >= 4 is 11.8 Å². The van der Waals surface area contributed by atoms with Gasteiger partial charge in [0.25, 0.3) is 0 Å². The minimum atomic E-state index is 0.729. The first-order valence-corrected chi connectivity index (χ1v) is 7.69. The van der Waals surface area contributed by atoms with Gasteiger partial charge in [0, 0.05) is 30.2 Å². The van der Waals surface area contributed by atoms with E-state index in [9.17, 15) is 0 Å². The molecule has 0 spiro atoms. The van der Waals surface area contributed by atoms with Crippen molar-refractivity contribution in [2.75, 3.05) is 0 Å². The lowest BCUT2D eigenvalue weighted by atomic mass is 10.3. The zero-order valence-corrected chi connectivity index (χ0v) is 12.6. The van der Waals surface area contributed by atoms with Crippen LogP contribution in [-0.4, -0.2) is 21.0 Å². The van der Waals surface area contributed by atoms with E-state index in [0.29, 0.717) is 0 Å². The molecule has 0 radical (unpaired) electrons. The van der Waals surface area contributed by atoms with E-state index in [1.54, 1.807) is 0 Å². The summed E-state index contributed by atoms with van der Waals surface area (Å²) in [6, 6.07) is 6.86. The molecule has 104 valence electrons. The van der Waals surface area contributed by atoms with Crippen LogP contribution in [0.2, 0.25) is 0 Å². The molecule has 0 bridgehead atoms. The molecule has 1 saturated carbocycles. The zero-order valence-electron chi connectivity index (χ0n) is 11.8. The summed E-state index contributed by atoms with van der Waals surface area (Å²) in [5, 5.41) is 5.18. The Labute approximate surface area is 123 Å². The SMILES string of the molecule is Cc1cc(C)nc(Sc2ccc(CNC3CC3)cn2)n1. The second-order valence-corrected chi connectivity index (χ2v) is 6.18. The Balaban J connectivity index is 1.64. The first-order valence-electron chi connectivity index (χ1n) is 6.87. The predicted octanol–water partition coefficient (Wildman–Crippen LogP) is 2.89. The molecule has 20 heavy (non-hydrogen) atoms. The van der Waals surface area contributed by atoms with Gasteiger partial charge in [-0.3, -0.25) is 0 Å². The van der Waals surface area contributed by atoms with Gasteiger partial charge in [0.2, 0.25) is 0 Å². The maximum Gasteiger partial charge on any atom is 0.194 e. The van der Waals surface area contributed by atoms with Gasteiger partial charge in [0.1, 0.15) is 5.03 Å². The molecule has 3 rings (SSSR count). The molecule has 0 unspecified atom stereocenters. The Morgan fingerprint density at radius 1 is 1.20 bits per heavy atom. The average molecular weight is 286 g/mol. The number of nitrogens with zero attached hydrogens (tertiary/aromatic N) is 3. The van der Waals surface area contributed by atoms with Crippen molar-refractivity contribution in [2.24, 2.45) is 0 Å². The van der Waals surface area contributed by atoms with Crippen LogP contribution >= 0.6 is 11.8 Å². The van der Waals surface area contributed by atoms with Crippen molar-refractivity contribution in [3.63, 3.8) is 0 Å². The predicted molar refractivity (Wildman–Crippen MR) is 79.7 cm³/mol. The van der Waals surface area contributed by atoms with Crippen LogP contribution in [0.5, 0.6) is 0 Å². The number of nitrogens with one attached hydrogen (secondary N) is 1. The lowest BCUT2D eigenvalue weighted by Crippen LogP contribution is -2.15. The molecule has 1 aliphatic carbocycles. The van der Waals surface area contributed by atoms with Crippen LogP contribution in [0, 0.1) is 13.8 Å². The van der Waals surface area contributed by atoms with E-state index in [-0.39, 0.29) is 0 Å². The molecule has 1 N–H and O–H groups in total. The van der Waals surface area contributed by atoms with Crippen molar-refractivity contribution in [1.29, 1.82) is 0 Å². The fourth-order valence-corrected chi connectivity index (χ4v) is 2.77.